The average Bonchev–Trinajstić information content (AvgIpc) is 3.32. The zero-order chi connectivity index (χ0) is 22.7. The Balaban J connectivity index is 1.18. The van der Waals surface area contributed by atoms with Gasteiger partial charge in [-0.3, -0.25) is 9.98 Å². The third-order valence-corrected chi connectivity index (χ3v) is 6.47. The number of benzene rings is 2. The van der Waals surface area contributed by atoms with Gasteiger partial charge in [-0.1, -0.05) is 60.7 Å². The molecular weight excluding hydrogens is 420 g/mol. The van der Waals surface area contributed by atoms with E-state index in [4.69, 9.17) is 4.99 Å². The number of aromatic nitrogens is 3. The van der Waals surface area contributed by atoms with Crippen LogP contribution in [-0.2, 0) is 13.1 Å². The summed E-state index contributed by atoms with van der Waals surface area (Å²) in [4.78, 5) is 21.8. The maximum Gasteiger partial charge on any atom is 0.177 e. The van der Waals surface area contributed by atoms with Crippen LogP contribution in [0.15, 0.2) is 94.6 Å². The van der Waals surface area contributed by atoms with Crippen LogP contribution in [0.5, 0.6) is 0 Å². The number of hydrogen-bond donors (Lipinski definition) is 2. The molecule has 2 aromatic carbocycles. The maximum absolute atomic E-state index is 5.21. The first-order valence-electron chi connectivity index (χ1n) is 11.7. The quantitative estimate of drug-likeness (QED) is 0.425. The van der Waals surface area contributed by atoms with Gasteiger partial charge in [0.05, 0.1) is 30.4 Å². The molecule has 0 saturated carbocycles. The molecule has 168 valence electrons. The largest absolute Gasteiger partial charge is 0.340 e. The van der Waals surface area contributed by atoms with Crippen molar-refractivity contribution < 1.29 is 0 Å². The fourth-order valence-electron chi connectivity index (χ4n) is 4.71. The number of allylic oxidation sites excluding steroid dienone is 1. The Labute approximate surface area is 198 Å². The molecule has 0 radical (unpaired) electrons. The summed E-state index contributed by atoms with van der Waals surface area (Å²) in [6, 6.07) is 23.5. The topological polar surface area (TPSA) is 78.3 Å². The highest BCUT2D eigenvalue weighted by Crippen LogP contribution is 2.32. The molecule has 6 heteroatoms. The second-order valence-electron chi connectivity index (χ2n) is 8.78. The second kappa shape index (κ2) is 9.15. The molecule has 2 aliphatic rings. The predicted molar refractivity (Wildman–Crippen MR) is 136 cm³/mol. The van der Waals surface area contributed by atoms with Gasteiger partial charge >= 0.3 is 0 Å². The van der Waals surface area contributed by atoms with Gasteiger partial charge in [0.1, 0.15) is 5.82 Å². The van der Waals surface area contributed by atoms with Crippen molar-refractivity contribution in [3.8, 4) is 0 Å². The molecule has 6 nitrogen and oxygen atoms in total. The number of H-pyrrole nitrogens is 1. The Hall–Kier alpha value is -3.90. The van der Waals surface area contributed by atoms with Crippen LogP contribution in [-0.4, -0.2) is 39.5 Å². The van der Waals surface area contributed by atoms with E-state index < -0.39 is 0 Å². The van der Waals surface area contributed by atoms with E-state index in [0.29, 0.717) is 6.54 Å². The van der Waals surface area contributed by atoms with Crippen LogP contribution in [0, 0.1) is 0 Å². The van der Waals surface area contributed by atoms with Crippen LogP contribution in [0.2, 0.25) is 0 Å². The van der Waals surface area contributed by atoms with Gasteiger partial charge in [-0.2, -0.15) is 0 Å². The molecule has 0 bridgehead atoms. The van der Waals surface area contributed by atoms with E-state index in [9.17, 15) is 0 Å². The number of dihydropyridines is 1. The minimum atomic E-state index is 0.159. The summed E-state index contributed by atoms with van der Waals surface area (Å²) in [5.74, 6) is 1.05. The van der Waals surface area contributed by atoms with E-state index in [-0.39, 0.29) is 12.0 Å². The Morgan fingerprint density at radius 2 is 1.82 bits per heavy atom. The van der Waals surface area contributed by atoms with Crippen LogP contribution >= 0.6 is 0 Å². The monoisotopic (exact) mass is 446 g/mol. The van der Waals surface area contributed by atoms with Crippen molar-refractivity contribution in [3.05, 3.63) is 107 Å². The first kappa shape index (κ1) is 20.7. The number of rotatable bonds is 6. The Kier molecular flexibility index (Phi) is 5.57. The van der Waals surface area contributed by atoms with E-state index in [0.717, 1.165) is 42.2 Å². The molecule has 1 unspecified atom stereocenters. The van der Waals surface area contributed by atoms with Gasteiger partial charge in [0.15, 0.2) is 5.65 Å². The normalized spacial score (nSPS) is 19.5. The van der Waals surface area contributed by atoms with Crippen molar-refractivity contribution in [2.24, 2.45) is 9.98 Å². The summed E-state index contributed by atoms with van der Waals surface area (Å²) < 4.78 is 0. The lowest BCUT2D eigenvalue weighted by Crippen LogP contribution is -2.27. The highest BCUT2D eigenvalue weighted by atomic mass is 15.0. The van der Waals surface area contributed by atoms with Gasteiger partial charge < -0.3 is 10.3 Å². The van der Waals surface area contributed by atoms with Gasteiger partial charge in [-0.15, -0.1) is 0 Å². The molecule has 0 spiro atoms. The molecule has 0 fully saturated rings. The average molecular weight is 447 g/mol. The summed E-state index contributed by atoms with van der Waals surface area (Å²) in [5.41, 5.74) is 7.88. The molecule has 0 amide bonds. The molecule has 6 rings (SSSR count). The van der Waals surface area contributed by atoms with E-state index >= 15 is 0 Å². The lowest BCUT2D eigenvalue weighted by atomic mass is 9.83. The van der Waals surface area contributed by atoms with E-state index in [1.807, 2.05) is 18.3 Å². The minimum Gasteiger partial charge on any atom is -0.340 e. The number of aromatic amines is 1. The first-order chi connectivity index (χ1) is 16.8. The highest BCUT2D eigenvalue weighted by Gasteiger charge is 2.28. The summed E-state index contributed by atoms with van der Waals surface area (Å²) >= 11 is 0. The van der Waals surface area contributed by atoms with Crippen molar-refractivity contribution in [2.75, 3.05) is 6.54 Å². The first-order valence-corrected chi connectivity index (χ1v) is 11.7. The highest BCUT2D eigenvalue weighted by molar-refractivity contribution is 6.07. The number of aliphatic imine (C=N–C) groups is 2. The number of nitrogens with one attached hydrogen (secondary N) is 2. The molecule has 0 saturated heterocycles. The third kappa shape index (κ3) is 4.20. The molecule has 4 heterocycles. The molecule has 4 aromatic rings. The van der Waals surface area contributed by atoms with E-state index in [1.165, 1.54) is 22.3 Å². The van der Waals surface area contributed by atoms with Crippen LogP contribution in [0.1, 0.15) is 34.9 Å². The second-order valence-corrected chi connectivity index (χ2v) is 8.78. The van der Waals surface area contributed by atoms with E-state index in [2.05, 4.69) is 85.9 Å². The molecule has 2 aromatic heterocycles. The van der Waals surface area contributed by atoms with Crippen LogP contribution in [0.4, 0.5) is 0 Å². The summed E-state index contributed by atoms with van der Waals surface area (Å²) in [6.45, 7) is 2.19. The summed E-state index contributed by atoms with van der Waals surface area (Å²) in [6.07, 6.45) is 7.05. The smallest absolute Gasteiger partial charge is 0.177 e. The van der Waals surface area contributed by atoms with Crippen molar-refractivity contribution in [3.63, 3.8) is 0 Å². The molecule has 2 atom stereocenters. The fourth-order valence-corrected chi connectivity index (χ4v) is 4.71. The van der Waals surface area contributed by atoms with Gasteiger partial charge in [0, 0.05) is 31.3 Å². The third-order valence-electron chi connectivity index (χ3n) is 6.47. The van der Waals surface area contributed by atoms with E-state index in [1.54, 1.807) is 6.20 Å². The van der Waals surface area contributed by atoms with Gasteiger partial charge in [0.25, 0.3) is 0 Å². The van der Waals surface area contributed by atoms with Crippen molar-refractivity contribution in [1.82, 2.24) is 20.3 Å². The molecule has 34 heavy (non-hydrogen) atoms. The standard InChI is InChI=1S/C28H26N6/c1-2-5-20(6-3-1)23-15-22-17-29-14-12-24(22)33-27(23)21-10-8-19(9-11-21)16-30-18-26-32-25-7-4-13-31-28(25)34-26/h1-11,13-15,23-24,30H,12,16-18H2,(H,31,32,34)/t23?,24-/m0/s1. The van der Waals surface area contributed by atoms with Gasteiger partial charge in [-0.05, 0) is 34.4 Å². The SMILES string of the molecule is C1=NCC2=CC(c3ccccc3)C(c3ccc(CNCc4nc5ncccc5[nH]4)cc3)=N[C@H]2C1. The zero-order valence-electron chi connectivity index (χ0n) is 18.9. The minimum absolute atomic E-state index is 0.159. The number of imidazole rings is 1. The Morgan fingerprint density at radius 3 is 2.68 bits per heavy atom. The molecule has 0 aliphatic carbocycles. The van der Waals surface area contributed by atoms with Gasteiger partial charge in [-0.25, -0.2) is 9.97 Å². The Bertz CT molecular complexity index is 1350. The zero-order valence-corrected chi connectivity index (χ0v) is 18.9. The Morgan fingerprint density at radius 1 is 0.941 bits per heavy atom. The van der Waals surface area contributed by atoms with Crippen molar-refractivity contribution in [2.45, 2.75) is 31.5 Å². The van der Waals surface area contributed by atoms with Crippen molar-refractivity contribution >= 4 is 23.1 Å². The maximum atomic E-state index is 5.21. The number of hydrogen-bond acceptors (Lipinski definition) is 5. The van der Waals surface area contributed by atoms with Crippen LogP contribution in [0.25, 0.3) is 11.2 Å². The lowest BCUT2D eigenvalue weighted by molar-refractivity contribution is 0.670. The summed E-state index contributed by atoms with van der Waals surface area (Å²) in [5, 5.41) is 3.47. The number of nitrogens with zero attached hydrogens (tertiary/aromatic N) is 4. The fraction of sp³-hybridized carbons (Fsp3) is 0.214. The van der Waals surface area contributed by atoms with Crippen LogP contribution < -0.4 is 5.32 Å². The number of fused-ring (bicyclic) bond motifs is 2. The molecule has 2 N–H and O–H groups in total. The van der Waals surface area contributed by atoms with Crippen molar-refractivity contribution in [1.29, 1.82) is 0 Å². The molecular formula is C28H26N6. The summed E-state index contributed by atoms with van der Waals surface area (Å²) in [7, 11) is 0. The molecule has 2 aliphatic heterocycles. The lowest BCUT2D eigenvalue weighted by Gasteiger charge is -2.29. The predicted octanol–water partition coefficient (Wildman–Crippen LogP) is 4.60. The van der Waals surface area contributed by atoms with Gasteiger partial charge in [0.2, 0.25) is 0 Å². The van der Waals surface area contributed by atoms with Crippen LogP contribution in [0.3, 0.4) is 0 Å². The number of pyridine rings is 1.